The fourth-order valence-corrected chi connectivity index (χ4v) is 2.95. The van der Waals surface area contributed by atoms with Crippen molar-refractivity contribution in [2.75, 3.05) is 38.6 Å². The summed E-state index contributed by atoms with van der Waals surface area (Å²) in [5.41, 5.74) is 2.11. The van der Waals surface area contributed by atoms with Gasteiger partial charge in [-0.2, -0.15) is 0 Å². The van der Waals surface area contributed by atoms with Crippen LogP contribution in [0, 0.1) is 13.8 Å². The molecule has 1 aliphatic heterocycles. The van der Waals surface area contributed by atoms with Crippen LogP contribution in [0.4, 0.5) is 0 Å². The van der Waals surface area contributed by atoms with Crippen molar-refractivity contribution in [1.82, 2.24) is 9.97 Å². The third-order valence-electron chi connectivity index (χ3n) is 2.85. The summed E-state index contributed by atoms with van der Waals surface area (Å²) in [5.74, 6) is 1.08. The fourth-order valence-electron chi connectivity index (χ4n) is 1.95. The van der Waals surface area contributed by atoms with Crippen LogP contribution in [-0.2, 0) is 4.74 Å². The van der Waals surface area contributed by atoms with Crippen molar-refractivity contribution in [3.05, 3.63) is 17.5 Å². The lowest BCUT2D eigenvalue weighted by Crippen LogP contribution is -3.14. The van der Waals surface area contributed by atoms with Gasteiger partial charge in [-0.1, -0.05) is 11.8 Å². The van der Waals surface area contributed by atoms with Gasteiger partial charge in [0.05, 0.1) is 25.5 Å². The first-order valence-electron chi connectivity index (χ1n) is 6.10. The summed E-state index contributed by atoms with van der Waals surface area (Å²) < 4.78 is 5.34. The van der Waals surface area contributed by atoms with E-state index in [0.29, 0.717) is 0 Å². The number of quaternary nitrogens is 1. The summed E-state index contributed by atoms with van der Waals surface area (Å²) in [6, 6.07) is 2.01. The van der Waals surface area contributed by atoms with Crippen LogP contribution in [0.2, 0.25) is 0 Å². The van der Waals surface area contributed by atoms with Crippen LogP contribution >= 0.6 is 11.8 Å². The topological polar surface area (TPSA) is 39.5 Å². The van der Waals surface area contributed by atoms with Crippen molar-refractivity contribution in [2.24, 2.45) is 0 Å². The van der Waals surface area contributed by atoms with Crippen molar-refractivity contribution in [2.45, 2.75) is 19.0 Å². The molecule has 5 heteroatoms. The van der Waals surface area contributed by atoms with Crippen molar-refractivity contribution in [3.8, 4) is 0 Å². The smallest absolute Gasteiger partial charge is 0.188 e. The molecule has 2 heterocycles. The highest BCUT2D eigenvalue weighted by Crippen LogP contribution is 2.12. The molecule has 0 radical (unpaired) electrons. The number of hydrogen-bond donors (Lipinski definition) is 1. The Labute approximate surface area is 107 Å². The Balaban J connectivity index is 1.77. The molecule has 0 spiro atoms. The highest BCUT2D eigenvalue weighted by molar-refractivity contribution is 7.99. The van der Waals surface area contributed by atoms with Crippen LogP contribution in [0.1, 0.15) is 11.4 Å². The molecular formula is C12H20N3OS+. The van der Waals surface area contributed by atoms with E-state index in [9.17, 15) is 0 Å². The third-order valence-corrected chi connectivity index (χ3v) is 3.70. The molecule has 94 valence electrons. The van der Waals surface area contributed by atoms with E-state index in [1.54, 1.807) is 16.7 Å². The second kappa shape index (κ2) is 6.33. The molecule has 0 unspecified atom stereocenters. The van der Waals surface area contributed by atoms with Crippen molar-refractivity contribution >= 4 is 11.8 Å². The van der Waals surface area contributed by atoms with Crippen LogP contribution in [0.5, 0.6) is 0 Å². The molecule has 1 fully saturated rings. The van der Waals surface area contributed by atoms with E-state index < -0.39 is 0 Å². The first-order valence-corrected chi connectivity index (χ1v) is 7.09. The van der Waals surface area contributed by atoms with Gasteiger partial charge in [0.2, 0.25) is 0 Å². The Bertz CT molecular complexity index is 347. The zero-order valence-electron chi connectivity index (χ0n) is 10.5. The Hall–Kier alpha value is -0.650. The number of aryl methyl sites for hydroxylation is 2. The number of ether oxygens (including phenoxy) is 1. The van der Waals surface area contributed by atoms with Crippen molar-refractivity contribution in [1.29, 1.82) is 0 Å². The maximum atomic E-state index is 5.34. The predicted molar refractivity (Wildman–Crippen MR) is 68.6 cm³/mol. The van der Waals surface area contributed by atoms with Gasteiger partial charge in [-0.15, -0.1) is 0 Å². The fraction of sp³-hybridized carbons (Fsp3) is 0.667. The molecule has 1 aromatic heterocycles. The highest BCUT2D eigenvalue weighted by Gasteiger charge is 2.13. The van der Waals surface area contributed by atoms with Gasteiger partial charge >= 0.3 is 0 Å². The highest BCUT2D eigenvalue weighted by atomic mass is 32.2. The van der Waals surface area contributed by atoms with Gasteiger partial charge in [-0.25, -0.2) is 9.97 Å². The van der Waals surface area contributed by atoms with Crippen LogP contribution in [0.15, 0.2) is 11.2 Å². The Morgan fingerprint density at radius 3 is 2.53 bits per heavy atom. The Morgan fingerprint density at radius 2 is 1.88 bits per heavy atom. The average molecular weight is 254 g/mol. The first-order chi connectivity index (χ1) is 8.24. The lowest BCUT2D eigenvalue weighted by molar-refractivity contribution is -0.905. The lowest BCUT2D eigenvalue weighted by atomic mass is 10.4. The molecule has 0 amide bonds. The van der Waals surface area contributed by atoms with Crippen molar-refractivity contribution < 1.29 is 9.64 Å². The molecule has 2 rings (SSSR count). The minimum absolute atomic E-state index is 0.903. The minimum atomic E-state index is 0.903. The number of nitrogens with one attached hydrogen (secondary N) is 1. The number of thioether (sulfide) groups is 1. The van der Waals surface area contributed by atoms with Crippen LogP contribution < -0.4 is 4.90 Å². The minimum Gasteiger partial charge on any atom is -0.370 e. The van der Waals surface area contributed by atoms with E-state index >= 15 is 0 Å². The number of rotatable bonds is 4. The number of hydrogen-bond acceptors (Lipinski definition) is 4. The SMILES string of the molecule is Cc1cc(C)nc(SCC[NH+]2CCOCC2)n1. The number of morpholine rings is 1. The molecule has 0 aromatic carbocycles. The quantitative estimate of drug-likeness (QED) is 0.611. The maximum absolute atomic E-state index is 5.34. The normalized spacial score (nSPS) is 17.3. The van der Waals surface area contributed by atoms with Gasteiger partial charge in [0.15, 0.2) is 5.16 Å². The molecule has 17 heavy (non-hydrogen) atoms. The average Bonchev–Trinajstić information content (AvgIpc) is 2.29. The molecule has 0 bridgehead atoms. The van der Waals surface area contributed by atoms with Crippen LogP contribution in [-0.4, -0.2) is 48.6 Å². The molecule has 1 aliphatic rings. The molecule has 0 aliphatic carbocycles. The first kappa shape index (κ1) is 12.8. The lowest BCUT2D eigenvalue weighted by Gasteiger charge is -2.23. The monoisotopic (exact) mass is 254 g/mol. The van der Waals surface area contributed by atoms with Crippen LogP contribution in [0.25, 0.3) is 0 Å². The molecule has 4 nitrogen and oxygen atoms in total. The van der Waals surface area contributed by atoms with E-state index in [4.69, 9.17) is 4.74 Å². The summed E-state index contributed by atoms with van der Waals surface area (Å²) in [6.45, 7) is 9.28. The summed E-state index contributed by atoms with van der Waals surface area (Å²) in [7, 11) is 0. The van der Waals surface area contributed by atoms with Gasteiger partial charge in [-0.3, -0.25) is 0 Å². The summed E-state index contributed by atoms with van der Waals surface area (Å²) in [5, 5.41) is 0.912. The van der Waals surface area contributed by atoms with Gasteiger partial charge in [0.1, 0.15) is 13.1 Å². The summed E-state index contributed by atoms with van der Waals surface area (Å²) in [4.78, 5) is 10.5. The predicted octanol–water partition coefficient (Wildman–Crippen LogP) is 0.101. The second-order valence-corrected chi connectivity index (χ2v) is 5.46. The van der Waals surface area contributed by atoms with E-state index in [-0.39, 0.29) is 0 Å². The summed E-state index contributed by atoms with van der Waals surface area (Å²) >= 11 is 1.76. The van der Waals surface area contributed by atoms with Gasteiger partial charge in [0, 0.05) is 11.4 Å². The zero-order chi connectivity index (χ0) is 12.1. The van der Waals surface area contributed by atoms with Crippen molar-refractivity contribution in [3.63, 3.8) is 0 Å². The van der Waals surface area contributed by atoms with E-state index in [2.05, 4.69) is 9.97 Å². The number of nitrogens with zero attached hydrogens (tertiary/aromatic N) is 2. The van der Waals surface area contributed by atoms with Gasteiger partial charge in [-0.05, 0) is 19.9 Å². The summed E-state index contributed by atoms with van der Waals surface area (Å²) in [6.07, 6.45) is 0. The molecule has 1 saturated heterocycles. The molecular weight excluding hydrogens is 234 g/mol. The van der Waals surface area contributed by atoms with E-state index in [0.717, 1.165) is 48.6 Å². The molecule has 0 atom stereocenters. The molecule has 1 aromatic rings. The van der Waals surface area contributed by atoms with Crippen LogP contribution in [0.3, 0.4) is 0 Å². The second-order valence-electron chi connectivity index (χ2n) is 4.39. The van der Waals surface area contributed by atoms with Gasteiger partial charge < -0.3 is 9.64 Å². The van der Waals surface area contributed by atoms with Gasteiger partial charge in [0.25, 0.3) is 0 Å². The molecule has 0 saturated carbocycles. The van der Waals surface area contributed by atoms with E-state index in [1.165, 1.54) is 6.54 Å². The zero-order valence-corrected chi connectivity index (χ0v) is 11.3. The third kappa shape index (κ3) is 4.26. The standard InChI is InChI=1S/C12H19N3OS/c1-10-9-11(2)14-12(13-10)17-8-5-15-3-6-16-7-4-15/h9H,3-8H2,1-2H3/p+1. The molecule has 1 N–H and O–H groups in total. The Kier molecular flexibility index (Phi) is 4.76. The van der Waals surface area contributed by atoms with E-state index in [1.807, 2.05) is 19.9 Å². The largest absolute Gasteiger partial charge is 0.370 e. The Morgan fingerprint density at radius 1 is 1.24 bits per heavy atom. The maximum Gasteiger partial charge on any atom is 0.188 e. The number of aromatic nitrogens is 2.